The Labute approximate surface area is 91.6 Å². The number of nitrogens with zero attached hydrogens (tertiary/aromatic N) is 1. The highest BCUT2D eigenvalue weighted by atomic mass is 127. The third kappa shape index (κ3) is 3.25. The molecule has 13 heavy (non-hydrogen) atoms. The highest BCUT2D eigenvalue weighted by Gasteiger charge is 2.21. The first-order valence-electron chi connectivity index (χ1n) is 4.26. The quantitative estimate of drug-likeness (QED) is 0.461. The number of hydrogen-bond acceptors (Lipinski definition) is 3. The molecular formula is C9H12INO2. The Bertz CT molecular complexity index is 226. The molecule has 0 bridgehead atoms. The highest BCUT2D eigenvalue weighted by molar-refractivity contribution is 14.1. The summed E-state index contributed by atoms with van der Waals surface area (Å²) in [5.41, 5.74) is 0. The SMILES string of the molecule is O=CC(O)N1CCC(C#CI)CC1. The number of halogens is 1. The molecule has 1 saturated heterocycles. The Kier molecular flexibility index (Phi) is 4.70. The first-order chi connectivity index (χ1) is 6.27. The van der Waals surface area contributed by atoms with Gasteiger partial charge in [-0.05, 0) is 16.8 Å². The van der Waals surface area contributed by atoms with Gasteiger partial charge in [-0.3, -0.25) is 9.69 Å². The molecule has 0 spiro atoms. The van der Waals surface area contributed by atoms with Crippen LogP contribution in [0.1, 0.15) is 12.8 Å². The average Bonchev–Trinajstić information content (AvgIpc) is 2.18. The predicted octanol–water partition coefficient (Wildman–Crippen LogP) is 0.612. The van der Waals surface area contributed by atoms with Crippen molar-refractivity contribution in [1.29, 1.82) is 0 Å². The van der Waals surface area contributed by atoms with Crippen LogP contribution in [0.4, 0.5) is 0 Å². The molecule has 1 atom stereocenters. The van der Waals surface area contributed by atoms with Crippen LogP contribution in [-0.2, 0) is 4.79 Å². The van der Waals surface area contributed by atoms with Gasteiger partial charge in [0.1, 0.15) is 0 Å². The number of hydrogen-bond donors (Lipinski definition) is 1. The van der Waals surface area contributed by atoms with Crippen molar-refractivity contribution in [3.63, 3.8) is 0 Å². The lowest BCUT2D eigenvalue weighted by Crippen LogP contribution is -2.41. The molecule has 3 nitrogen and oxygen atoms in total. The molecule has 0 aromatic carbocycles. The van der Waals surface area contributed by atoms with Gasteiger partial charge >= 0.3 is 0 Å². The molecule has 4 heteroatoms. The fourth-order valence-electron chi connectivity index (χ4n) is 1.47. The predicted molar refractivity (Wildman–Crippen MR) is 58.2 cm³/mol. The van der Waals surface area contributed by atoms with E-state index in [1.54, 1.807) is 4.90 Å². The van der Waals surface area contributed by atoms with Crippen LogP contribution in [-0.4, -0.2) is 35.6 Å². The molecular weight excluding hydrogens is 281 g/mol. The van der Waals surface area contributed by atoms with Gasteiger partial charge in [-0.2, -0.15) is 0 Å². The van der Waals surface area contributed by atoms with E-state index in [0.717, 1.165) is 25.9 Å². The minimum atomic E-state index is -0.923. The van der Waals surface area contributed by atoms with E-state index < -0.39 is 6.23 Å². The molecule has 0 aromatic rings. The van der Waals surface area contributed by atoms with E-state index in [1.807, 2.05) is 22.6 Å². The molecule has 72 valence electrons. The van der Waals surface area contributed by atoms with Crippen LogP contribution in [0, 0.1) is 15.8 Å². The van der Waals surface area contributed by atoms with Crippen molar-refractivity contribution in [1.82, 2.24) is 4.90 Å². The highest BCUT2D eigenvalue weighted by Crippen LogP contribution is 2.17. The summed E-state index contributed by atoms with van der Waals surface area (Å²) in [6, 6.07) is 0. The summed E-state index contributed by atoms with van der Waals surface area (Å²) in [5, 5.41) is 9.22. The summed E-state index contributed by atoms with van der Waals surface area (Å²) in [5.74, 6) is 3.54. The topological polar surface area (TPSA) is 40.5 Å². The number of aliphatic hydroxyl groups is 1. The van der Waals surface area contributed by atoms with Crippen molar-refractivity contribution in [2.45, 2.75) is 19.1 Å². The number of likely N-dealkylation sites (tertiary alicyclic amines) is 1. The summed E-state index contributed by atoms with van der Waals surface area (Å²) < 4.78 is 2.86. The largest absolute Gasteiger partial charge is 0.371 e. The van der Waals surface area contributed by atoms with Gasteiger partial charge in [0.15, 0.2) is 12.5 Å². The van der Waals surface area contributed by atoms with Gasteiger partial charge in [-0.1, -0.05) is 5.92 Å². The summed E-state index contributed by atoms with van der Waals surface area (Å²) in [6.07, 6.45) is 1.54. The second kappa shape index (κ2) is 5.58. The molecule has 0 saturated carbocycles. The van der Waals surface area contributed by atoms with Gasteiger partial charge in [0.25, 0.3) is 0 Å². The second-order valence-electron chi connectivity index (χ2n) is 3.10. The second-order valence-corrected chi connectivity index (χ2v) is 3.64. The number of carbonyl (C=O) groups is 1. The van der Waals surface area contributed by atoms with Gasteiger partial charge in [0, 0.05) is 41.6 Å². The van der Waals surface area contributed by atoms with Crippen LogP contribution < -0.4 is 0 Å². The first kappa shape index (κ1) is 11.0. The van der Waals surface area contributed by atoms with Crippen molar-refractivity contribution in [3.05, 3.63) is 0 Å². The minimum Gasteiger partial charge on any atom is -0.371 e. The number of aldehydes is 1. The third-order valence-electron chi connectivity index (χ3n) is 2.28. The molecule has 0 radical (unpaired) electrons. The summed E-state index contributed by atoms with van der Waals surface area (Å²) >= 11 is 2.04. The van der Waals surface area contributed by atoms with Crippen LogP contribution in [0.3, 0.4) is 0 Å². The Balaban J connectivity index is 2.37. The van der Waals surface area contributed by atoms with Crippen molar-refractivity contribution >= 4 is 28.9 Å². The normalized spacial score (nSPS) is 21.7. The Morgan fingerprint density at radius 3 is 2.62 bits per heavy atom. The number of carbonyl (C=O) groups excluding carboxylic acids is 1. The maximum atomic E-state index is 10.3. The number of aliphatic hydroxyl groups excluding tert-OH is 1. The number of piperidine rings is 1. The van der Waals surface area contributed by atoms with E-state index in [9.17, 15) is 9.90 Å². The third-order valence-corrected chi connectivity index (χ3v) is 2.60. The molecule has 0 aromatic heterocycles. The standard InChI is InChI=1S/C9H12INO2/c10-4-1-8-2-5-11(6-3-8)9(13)7-12/h7-9,13H,2-3,5-6H2. The Hall–Kier alpha value is -0.120. The lowest BCUT2D eigenvalue weighted by Gasteiger charge is -2.30. The van der Waals surface area contributed by atoms with E-state index in [4.69, 9.17) is 0 Å². The maximum absolute atomic E-state index is 10.3. The molecule has 1 aliphatic heterocycles. The van der Waals surface area contributed by atoms with Gasteiger partial charge in [0.2, 0.25) is 0 Å². The minimum absolute atomic E-state index is 0.437. The summed E-state index contributed by atoms with van der Waals surface area (Å²) in [6.45, 7) is 1.52. The number of rotatable bonds is 2. The van der Waals surface area contributed by atoms with Gasteiger partial charge in [-0.25, -0.2) is 0 Å². The van der Waals surface area contributed by atoms with Crippen molar-refractivity contribution < 1.29 is 9.90 Å². The molecule has 0 amide bonds. The zero-order valence-corrected chi connectivity index (χ0v) is 9.40. The zero-order chi connectivity index (χ0) is 9.68. The van der Waals surface area contributed by atoms with E-state index in [1.165, 1.54) is 0 Å². The van der Waals surface area contributed by atoms with Crippen LogP contribution in [0.2, 0.25) is 0 Å². The van der Waals surface area contributed by atoms with Crippen molar-refractivity contribution in [2.24, 2.45) is 5.92 Å². The lowest BCUT2D eigenvalue weighted by molar-refractivity contribution is -0.125. The van der Waals surface area contributed by atoms with Crippen LogP contribution >= 0.6 is 22.6 Å². The molecule has 0 aliphatic carbocycles. The van der Waals surface area contributed by atoms with Crippen molar-refractivity contribution in [2.75, 3.05) is 13.1 Å². The summed E-state index contributed by atoms with van der Waals surface area (Å²) in [7, 11) is 0. The Morgan fingerprint density at radius 2 is 2.15 bits per heavy atom. The van der Waals surface area contributed by atoms with Gasteiger partial charge in [-0.15, -0.1) is 0 Å². The molecule has 1 unspecified atom stereocenters. The molecule has 1 heterocycles. The smallest absolute Gasteiger partial charge is 0.163 e. The van der Waals surface area contributed by atoms with Crippen LogP contribution in [0.25, 0.3) is 0 Å². The molecule has 1 N–H and O–H groups in total. The monoisotopic (exact) mass is 293 g/mol. The van der Waals surface area contributed by atoms with Crippen LogP contribution in [0.15, 0.2) is 0 Å². The van der Waals surface area contributed by atoms with Gasteiger partial charge in [0.05, 0.1) is 0 Å². The molecule has 1 rings (SSSR count). The fraction of sp³-hybridized carbons (Fsp3) is 0.667. The molecule has 1 aliphatic rings. The molecule has 1 fully saturated rings. The Morgan fingerprint density at radius 1 is 1.54 bits per heavy atom. The summed E-state index contributed by atoms with van der Waals surface area (Å²) in [4.78, 5) is 12.1. The van der Waals surface area contributed by atoms with Crippen LogP contribution in [0.5, 0.6) is 0 Å². The lowest BCUT2D eigenvalue weighted by atomic mass is 9.98. The fourth-order valence-corrected chi connectivity index (χ4v) is 1.91. The maximum Gasteiger partial charge on any atom is 0.163 e. The van der Waals surface area contributed by atoms with E-state index >= 15 is 0 Å². The van der Waals surface area contributed by atoms with Crippen molar-refractivity contribution in [3.8, 4) is 9.85 Å². The average molecular weight is 293 g/mol. The first-order valence-corrected chi connectivity index (χ1v) is 5.34. The van der Waals surface area contributed by atoms with E-state index in [0.29, 0.717) is 12.2 Å². The zero-order valence-electron chi connectivity index (χ0n) is 7.24. The van der Waals surface area contributed by atoms with E-state index in [2.05, 4.69) is 9.85 Å². The van der Waals surface area contributed by atoms with E-state index in [-0.39, 0.29) is 0 Å². The van der Waals surface area contributed by atoms with Gasteiger partial charge < -0.3 is 5.11 Å².